The Hall–Kier alpha value is -1.95. The molecule has 0 atom stereocenters. The van der Waals surface area contributed by atoms with Crippen LogP contribution in [0.25, 0.3) is 10.6 Å². The summed E-state index contributed by atoms with van der Waals surface area (Å²) in [6, 6.07) is 14.3. The Morgan fingerprint density at radius 1 is 1.15 bits per heavy atom. The van der Waals surface area contributed by atoms with Crippen LogP contribution in [0.3, 0.4) is 0 Å². The van der Waals surface area contributed by atoms with Crippen molar-refractivity contribution in [3.8, 4) is 16.3 Å². The highest BCUT2D eigenvalue weighted by Crippen LogP contribution is 2.33. The highest BCUT2D eigenvalue weighted by molar-refractivity contribution is 7.13. The van der Waals surface area contributed by atoms with Crippen LogP contribution in [0.15, 0.2) is 47.8 Å². The monoisotopic (exact) mass is 423 g/mol. The molecule has 0 radical (unpaired) electrons. The first-order valence-electron chi connectivity index (χ1n) is 8.46. The fourth-order valence-electron chi connectivity index (χ4n) is 3.33. The second-order valence-electron chi connectivity index (χ2n) is 6.24. The molecule has 2 heterocycles. The normalized spacial score (nSPS) is 12.6. The number of benzene rings is 2. The molecule has 4 rings (SSSR count). The van der Waals surface area contributed by atoms with Crippen molar-refractivity contribution in [1.82, 2.24) is 4.98 Å². The molecule has 0 amide bonds. The van der Waals surface area contributed by atoms with Crippen LogP contribution in [-0.4, -0.2) is 18.6 Å². The van der Waals surface area contributed by atoms with Gasteiger partial charge in [0.2, 0.25) is 0 Å². The molecule has 144 valence electrons. The second kappa shape index (κ2) is 9.31. The maximum absolute atomic E-state index is 6.15. The predicted octanol–water partition coefficient (Wildman–Crippen LogP) is 5.20. The quantitative estimate of drug-likeness (QED) is 0.585. The van der Waals surface area contributed by atoms with E-state index in [1.165, 1.54) is 11.3 Å². The molecule has 2 N–H and O–H groups in total. The molecule has 0 fully saturated rings. The van der Waals surface area contributed by atoms with E-state index in [2.05, 4.69) is 28.5 Å². The molecule has 0 spiro atoms. The Balaban J connectivity index is 0.00000131. The lowest BCUT2D eigenvalue weighted by Crippen LogP contribution is -2.29. The summed E-state index contributed by atoms with van der Waals surface area (Å²) in [4.78, 5) is 7.22. The molecule has 2 aromatic carbocycles. The van der Waals surface area contributed by atoms with E-state index < -0.39 is 0 Å². The number of nitrogen functional groups attached to an aromatic ring is 1. The SMILES string of the molecule is COc1ccc(-c2nc(CN3CCCc4c(N)cccc43)cs2)cc1.Cl.Cl. The van der Waals surface area contributed by atoms with E-state index in [1.54, 1.807) is 18.4 Å². The number of methoxy groups -OCH3 is 1. The Morgan fingerprint density at radius 3 is 2.67 bits per heavy atom. The van der Waals surface area contributed by atoms with Crippen molar-refractivity contribution in [2.75, 3.05) is 24.3 Å². The number of nitrogens with two attached hydrogens (primary N) is 1. The molecule has 3 aromatic rings. The van der Waals surface area contributed by atoms with Gasteiger partial charge in [0, 0.05) is 28.9 Å². The number of nitrogens with zero attached hydrogens (tertiary/aromatic N) is 2. The van der Waals surface area contributed by atoms with Gasteiger partial charge in [-0.25, -0.2) is 4.98 Å². The zero-order valence-electron chi connectivity index (χ0n) is 15.1. The summed E-state index contributed by atoms with van der Waals surface area (Å²) in [5, 5.41) is 3.20. The van der Waals surface area contributed by atoms with Crippen molar-refractivity contribution in [2.45, 2.75) is 19.4 Å². The first kappa shape index (κ1) is 21.4. The zero-order valence-corrected chi connectivity index (χ0v) is 17.5. The lowest BCUT2D eigenvalue weighted by atomic mass is 10.00. The Bertz CT molecular complexity index is 883. The number of fused-ring (bicyclic) bond motifs is 1. The number of halogens is 2. The third-order valence-corrected chi connectivity index (χ3v) is 5.56. The average molecular weight is 424 g/mol. The maximum Gasteiger partial charge on any atom is 0.123 e. The van der Waals surface area contributed by atoms with Crippen molar-refractivity contribution >= 4 is 47.5 Å². The van der Waals surface area contributed by atoms with Crippen molar-refractivity contribution in [3.63, 3.8) is 0 Å². The van der Waals surface area contributed by atoms with E-state index in [0.29, 0.717) is 0 Å². The average Bonchev–Trinajstić information content (AvgIpc) is 3.11. The lowest BCUT2D eigenvalue weighted by molar-refractivity contribution is 0.415. The highest BCUT2D eigenvalue weighted by Gasteiger charge is 2.19. The highest BCUT2D eigenvalue weighted by atomic mass is 35.5. The fraction of sp³-hybridized carbons (Fsp3) is 0.250. The summed E-state index contributed by atoms with van der Waals surface area (Å²) in [6.45, 7) is 1.87. The summed E-state index contributed by atoms with van der Waals surface area (Å²) >= 11 is 1.69. The van der Waals surface area contributed by atoms with Crippen molar-refractivity contribution in [2.24, 2.45) is 0 Å². The second-order valence-corrected chi connectivity index (χ2v) is 7.10. The van der Waals surface area contributed by atoms with Crippen molar-refractivity contribution in [1.29, 1.82) is 0 Å². The third-order valence-electron chi connectivity index (χ3n) is 4.62. The van der Waals surface area contributed by atoms with Gasteiger partial charge in [0.1, 0.15) is 10.8 Å². The number of thiazole rings is 1. The summed E-state index contributed by atoms with van der Waals surface area (Å²) in [5.41, 5.74) is 11.8. The van der Waals surface area contributed by atoms with Crippen LogP contribution in [0.5, 0.6) is 5.75 Å². The van der Waals surface area contributed by atoms with E-state index in [0.717, 1.165) is 53.6 Å². The molecule has 0 aliphatic carbocycles. The smallest absolute Gasteiger partial charge is 0.123 e. The Kier molecular flexibility index (Phi) is 7.36. The number of anilines is 2. The predicted molar refractivity (Wildman–Crippen MR) is 119 cm³/mol. The van der Waals surface area contributed by atoms with E-state index in [1.807, 2.05) is 24.3 Å². The topological polar surface area (TPSA) is 51.4 Å². The van der Waals surface area contributed by atoms with Gasteiger partial charge in [0.05, 0.1) is 19.3 Å². The van der Waals surface area contributed by atoms with E-state index in [9.17, 15) is 0 Å². The summed E-state index contributed by atoms with van der Waals surface area (Å²) < 4.78 is 5.22. The molecule has 7 heteroatoms. The molecule has 1 aliphatic rings. The summed E-state index contributed by atoms with van der Waals surface area (Å²) in [5.74, 6) is 0.864. The van der Waals surface area contributed by atoms with Gasteiger partial charge in [0.15, 0.2) is 0 Å². The fourth-order valence-corrected chi connectivity index (χ4v) is 4.15. The third kappa shape index (κ3) is 4.49. The van der Waals surface area contributed by atoms with Gasteiger partial charge in [-0.15, -0.1) is 36.2 Å². The van der Waals surface area contributed by atoms with Crippen molar-refractivity contribution < 1.29 is 4.74 Å². The first-order chi connectivity index (χ1) is 12.2. The van der Waals surface area contributed by atoms with Crippen LogP contribution in [0.1, 0.15) is 17.7 Å². The molecule has 1 aliphatic heterocycles. The molecule has 0 bridgehead atoms. The summed E-state index contributed by atoms with van der Waals surface area (Å²) in [7, 11) is 1.68. The van der Waals surface area contributed by atoms with Gasteiger partial charge in [-0.05, 0) is 54.8 Å². The van der Waals surface area contributed by atoms with Crippen molar-refractivity contribution in [3.05, 3.63) is 59.1 Å². The lowest BCUT2D eigenvalue weighted by Gasteiger charge is -2.31. The summed E-state index contributed by atoms with van der Waals surface area (Å²) in [6.07, 6.45) is 2.20. The van der Waals surface area contributed by atoms with E-state index in [-0.39, 0.29) is 24.8 Å². The molecular formula is C20H23Cl2N3OS. The molecule has 0 saturated heterocycles. The minimum Gasteiger partial charge on any atom is -0.497 e. The number of hydrogen-bond acceptors (Lipinski definition) is 5. The van der Waals surface area contributed by atoms with Crippen LogP contribution in [-0.2, 0) is 13.0 Å². The largest absolute Gasteiger partial charge is 0.497 e. The first-order valence-corrected chi connectivity index (χ1v) is 9.33. The zero-order chi connectivity index (χ0) is 17.2. The standard InChI is InChI=1S/C20H21N3OS.2ClH/c1-24-16-9-7-14(8-10-16)20-22-15(13-25-20)12-23-11-3-4-17-18(21)5-2-6-19(17)23;;/h2,5-10,13H,3-4,11-12,21H2,1H3;2*1H. The van der Waals surface area contributed by atoms with Gasteiger partial charge in [-0.2, -0.15) is 0 Å². The molecular weight excluding hydrogens is 401 g/mol. The van der Waals surface area contributed by atoms with E-state index >= 15 is 0 Å². The number of aromatic nitrogens is 1. The van der Waals surface area contributed by atoms with Gasteiger partial charge in [-0.3, -0.25) is 0 Å². The maximum atomic E-state index is 6.15. The van der Waals surface area contributed by atoms with Gasteiger partial charge in [0.25, 0.3) is 0 Å². The Labute approximate surface area is 176 Å². The van der Waals surface area contributed by atoms with Crippen LogP contribution in [0.4, 0.5) is 11.4 Å². The molecule has 0 saturated carbocycles. The van der Waals surface area contributed by atoms with Gasteiger partial charge in [-0.1, -0.05) is 6.07 Å². The van der Waals surface area contributed by atoms with Gasteiger partial charge < -0.3 is 15.4 Å². The number of rotatable bonds is 4. The molecule has 1 aromatic heterocycles. The van der Waals surface area contributed by atoms with Crippen LogP contribution >= 0.6 is 36.2 Å². The van der Waals surface area contributed by atoms with Gasteiger partial charge >= 0.3 is 0 Å². The molecule has 27 heavy (non-hydrogen) atoms. The van der Waals surface area contributed by atoms with Crippen LogP contribution in [0, 0.1) is 0 Å². The number of hydrogen-bond donors (Lipinski definition) is 1. The van der Waals surface area contributed by atoms with Crippen LogP contribution < -0.4 is 15.4 Å². The Morgan fingerprint density at radius 2 is 1.93 bits per heavy atom. The molecule has 0 unspecified atom stereocenters. The minimum absolute atomic E-state index is 0. The van der Waals surface area contributed by atoms with Crippen LogP contribution in [0.2, 0.25) is 0 Å². The van der Waals surface area contributed by atoms with E-state index in [4.69, 9.17) is 15.5 Å². The minimum atomic E-state index is 0. The number of ether oxygens (including phenoxy) is 1. The molecule has 4 nitrogen and oxygen atoms in total.